The van der Waals surface area contributed by atoms with Crippen LogP contribution in [-0.4, -0.2) is 37.2 Å². The summed E-state index contributed by atoms with van der Waals surface area (Å²) in [6, 6.07) is 0. The van der Waals surface area contributed by atoms with Crippen molar-refractivity contribution in [2.45, 2.75) is 73.1 Å². The standard InChI is InChI=1S/C19H35NO4/c1-15(2)17(22)8-6-7-16(21)10-13-24-14-12-20-18(23)9-11-19(3,4)5/h15H,6-14H2,1-5H3,(H,20,23). The van der Waals surface area contributed by atoms with Crippen molar-refractivity contribution in [1.29, 1.82) is 0 Å². The Labute approximate surface area is 146 Å². The molecule has 0 rings (SSSR count). The molecule has 5 heteroatoms. The third-order valence-corrected chi connectivity index (χ3v) is 3.72. The van der Waals surface area contributed by atoms with Gasteiger partial charge in [-0.05, 0) is 18.3 Å². The molecule has 0 spiro atoms. The van der Waals surface area contributed by atoms with Gasteiger partial charge in [0.15, 0.2) is 0 Å². The number of hydrogen-bond donors (Lipinski definition) is 1. The lowest BCUT2D eigenvalue weighted by molar-refractivity contribution is -0.123. The molecule has 0 aromatic heterocycles. The van der Waals surface area contributed by atoms with E-state index >= 15 is 0 Å². The van der Waals surface area contributed by atoms with Crippen LogP contribution in [0.25, 0.3) is 0 Å². The molecule has 0 saturated heterocycles. The van der Waals surface area contributed by atoms with Crippen molar-refractivity contribution in [3.8, 4) is 0 Å². The van der Waals surface area contributed by atoms with Crippen LogP contribution in [-0.2, 0) is 19.1 Å². The fourth-order valence-corrected chi connectivity index (χ4v) is 2.00. The molecule has 1 amide bonds. The Morgan fingerprint density at radius 3 is 2.21 bits per heavy atom. The van der Waals surface area contributed by atoms with Gasteiger partial charge >= 0.3 is 0 Å². The summed E-state index contributed by atoms with van der Waals surface area (Å²) in [5, 5.41) is 2.81. The Bertz CT molecular complexity index is 397. The topological polar surface area (TPSA) is 72.5 Å². The summed E-state index contributed by atoms with van der Waals surface area (Å²) in [5.41, 5.74) is 0.161. The van der Waals surface area contributed by atoms with Gasteiger partial charge in [-0.1, -0.05) is 34.6 Å². The van der Waals surface area contributed by atoms with Gasteiger partial charge in [0.25, 0.3) is 0 Å². The maximum Gasteiger partial charge on any atom is 0.220 e. The Morgan fingerprint density at radius 2 is 1.62 bits per heavy atom. The lowest BCUT2D eigenvalue weighted by Crippen LogP contribution is -2.28. The van der Waals surface area contributed by atoms with E-state index in [0.717, 1.165) is 6.42 Å². The Kier molecular flexibility index (Phi) is 11.6. The Hall–Kier alpha value is -1.23. The fraction of sp³-hybridized carbons (Fsp3) is 0.842. The number of carbonyl (C=O) groups excluding carboxylic acids is 3. The van der Waals surface area contributed by atoms with E-state index in [1.807, 2.05) is 13.8 Å². The third kappa shape index (κ3) is 14.4. The summed E-state index contributed by atoms with van der Waals surface area (Å²) in [5.74, 6) is 0.420. The molecular weight excluding hydrogens is 306 g/mol. The molecular formula is C19H35NO4. The largest absolute Gasteiger partial charge is 0.379 e. The quantitative estimate of drug-likeness (QED) is 0.522. The first kappa shape index (κ1) is 22.8. The maximum absolute atomic E-state index is 11.7. The molecule has 0 aliphatic heterocycles. The van der Waals surface area contributed by atoms with Gasteiger partial charge in [-0.2, -0.15) is 0 Å². The molecule has 0 saturated carbocycles. The van der Waals surface area contributed by atoms with E-state index in [1.54, 1.807) is 0 Å². The molecule has 0 bridgehead atoms. The monoisotopic (exact) mass is 341 g/mol. The van der Waals surface area contributed by atoms with E-state index < -0.39 is 0 Å². The summed E-state index contributed by atoms with van der Waals surface area (Å²) in [4.78, 5) is 34.7. The van der Waals surface area contributed by atoms with E-state index in [1.165, 1.54) is 0 Å². The second-order valence-electron chi connectivity index (χ2n) is 7.79. The third-order valence-electron chi connectivity index (χ3n) is 3.72. The molecule has 0 radical (unpaired) electrons. The van der Waals surface area contributed by atoms with Gasteiger partial charge in [-0.15, -0.1) is 0 Å². The smallest absolute Gasteiger partial charge is 0.220 e. The zero-order chi connectivity index (χ0) is 18.6. The number of nitrogens with one attached hydrogen (secondary N) is 1. The molecule has 0 atom stereocenters. The molecule has 0 fully saturated rings. The van der Waals surface area contributed by atoms with Gasteiger partial charge in [0, 0.05) is 38.1 Å². The molecule has 5 nitrogen and oxygen atoms in total. The molecule has 0 aliphatic rings. The van der Waals surface area contributed by atoms with Crippen molar-refractivity contribution in [1.82, 2.24) is 5.32 Å². The fourth-order valence-electron chi connectivity index (χ4n) is 2.00. The highest BCUT2D eigenvalue weighted by atomic mass is 16.5. The number of rotatable bonds is 13. The van der Waals surface area contributed by atoms with E-state index in [4.69, 9.17) is 4.74 Å². The molecule has 24 heavy (non-hydrogen) atoms. The molecule has 0 aromatic carbocycles. The van der Waals surface area contributed by atoms with E-state index in [2.05, 4.69) is 26.1 Å². The van der Waals surface area contributed by atoms with Gasteiger partial charge < -0.3 is 10.1 Å². The van der Waals surface area contributed by atoms with Crippen LogP contribution in [0.4, 0.5) is 0 Å². The number of carbonyl (C=O) groups is 3. The summed E-state index contributed by atoms with van der Waals surface area (Å²) in [6.45, 7) is 11.3. The zero-order valence-corrected chi connectivity index (χ0v) is 16.1. The van der Waals surface area contributed by atoms with Crippen LogP contribution < -0.4 is 5.32 Å². The Balaban J connectivity index is 3.51. The summed E-state index contributed by atoms with van der Waals surface area (Å²) in [6.07, 6.45) is 3.29. The lowest BCUT2D eigenvalue weighted by atomic mass is 9.90. The lowest BCUT2D eigenvalue weighted by Gasteiger charge is -2.17. The van der Waals surface area contributed by atoms with Crippen molar-refractivity contribution < 1.29 is 19.1 Å². The van der Waals surface area contributed by atoms with Crippen LogP contribution in [0.2, 0.25) is 0 Å². The predicted octanol–water partition coefficient (Wildman–Crippen LogP) is 3.30. The van der Waals surface area contributed by atoms with Crippen LogP contribution in [0.15, 0.2) is 0 Å². The molecule has 0 heterocycles. The molecule has 0 unspecified atom stereocenters. The summed E-state index contributed by atoms with van der Waals surface area (Å²) >= 11 is 0. The van der Waals surface area contributed by atoms with Crippen molar-refractivity contribution >= 4 is 17.5 Å². The van der Waals surface area contributed by atoms with Crippen molar-refractivity contribution in [3.63, 3.8) is 0 Å². The highest BCUT2D eigenvalue weighted by Crippen LogP contribution is 2.20. The van der Waals surface area contributed by atoms with Gasteiger partial charge in [-0.25, -0.2) is 0 Å². The number of Topliss-reactive ketones (excluding diaryl/α,β-unsaturated/α-hetero) is 2. The minimum Gasteiger partial charge on any atom is -0.379 e. The SMILES string of the molecule is CC(C)C(=O)CCCC(=O)CCOCCNC(=O)CCC(C)(C)C. The van der Waals surface area contributed by atoms with E-state index in [9.17, 15) is 14.4 Å². The Morgan fingerprint density at radius 1 is 0.958 bits per heavy atom. The summed E-state index contributed by atoms with van der Waals surface area (Å²) in [7, 11) is 0. The second-order valence-corrected chi connectivity index (χ2v) is 7.79. The van der Waals surface area contributed by atoms with Gasteiger partial charge in [0.2, 0.25) is 5.91 Å². The highest BCUT2D eigenvalue weighted by Gasteiger charge is 2.12. The average molecular weight is 341 g/mol. The minimum absolute atomic E-state index is 0.0411. The first-order valence-electron chi connectivity index (χ1n) is 9.00. The molecule has 140 valence electrons. The highest BCUT2D eigenvalue weighted by molar-refractivity contribution is 5.82. The molecule has 0 aliphatic carbocycles. The van der Waals surface area contributed by atoms with Gasteiger partial charge in [-0.3, -0.25) is 14.4 Å². The number of ether oxygens (including phenoxy) is 1. The second kappa shape index (κ2) is 12.2. The van der Waals surface area contributed by atoms with Crippen LogP contribution in [0.5, 0.6) is 0 Å². The van der Waals surface area contributed by atoms with Crippen molar-refractivity contribution in [2.75, 3.05) is 19.8 Å². The van der Waals surface area contributed by atoms with Crippen molar-refractivity contribution in [3.05, 3.63) is 0 Å². The van der Waals surface area contributed by atoms with Crippen LogP contribution in [0.3, 0.4) is 0 Å². The number of amides is 1. The maximum atomic E-state index is 11.7. The zero-order valence-electron chi connectivity index (χ0n) is 16.1. The minimum atomic E-state index is 0.0411. The van der Waals surface area contributed by atoms with E-state index in [0.29, 0.717) is 51.9 Å². The molecule has 1 N–H and O–H groups in total. The summed E-state index contributed by atoms with van der Waals surface area (Å²) < 4.78 is 5.36. The van der Waals surface area contributed by atoms with Crippen LogP contribution in [0, 0.1) is 11.3 Å². The normalized spacial score (nSPS) is 11.6. The van der Waals surface area contributed by atoms with Crippen molar-refractivity contribution in [2.24, 2.45) is 11.3 Å². The first-order valence-corrected chi connectivity index (χ1v) is 9.00. The number of ketones is 2. The number of hydrogen-bond acceptors (Lipinski definition) is 4. The van der Waals surface area contributed by atoms with E-state index in [-0.39, 0.29) is 28.8 Å². The van der Waals surface area contributed by atoms with Crippen LogP contribution >= 0.6 is 0 Å². The average Bonchev–Trinajstić information content (AvgIpc) is 2.47. The molecule has 0 aromatic rings. The van der Waals surface area contributed by atoms with Gasteiger partial charge in [0.1, 0.15) is 11.6 Å². The first-order chi connectivity index (χ1) is 11.1. The van der Waals surface area contributed by atoms with Crippen LogP contribution in [0.1, 0.15) is 73.1 Å². The predicted molar refractivity (Wildman–Crippen MR) is 95.8 cm³/mol. The van der Waals surface area contributed by atoms with Gasteiger partial charge in [0.05, 0.1) is 13.2 Å².